The molecule has 0 aliphatic carbocycles. The largest absolute Gasteiger partial charge is 0.464 e. The van der Waals surface area contributed by atoms with Gasteiger partial charge in [0.25, 0.3) is 0 Å². The van der Waals surface area contributed by atoms with Crippen LogP contribution in [0, 0.1) is 0 Å². The zero-order valence-corrected chi connectivity index (χ0v) is 10.3. The van der Waals surface area contributed by atoms with Crippen molar-refractivity contribution in [3.05, 3.63) is 54.2 Å². The van der Waals surface area contributed by atoms with Crippen LogP contribution >= 0.6 is 0 Å². The average molecular weight is 253 g/mol. The number of hydrogen-bond acceptors (Lipinski definition) is 4. The minimum atomic E-state index is -0.414. The van der Waals surface area contributed by atoms with E-state index in [1.54, 1.807) is 22.6 Å². The molecule has 5 heteroatoms. The van der Waals surface area contributed by atoms with Crippen molar-refractivity contribution in [3.63, 3.8) is 0 Å². The highest BCUT2D eigenvalue weighted by Gasteiger charge is 2.15. The molecule has 0 unspecified atom stereocenters. The van der Waals surface area contributed by atoms with Gasteiger partial charge in [0.05, 0.1) is 7.11 Å². The second-order valence-electron chi connectivity index (χ2n) is 3.99. The molecule has 0 N–H and O–H groups in total. The van der Waals surface area contributed by atoms with Gasteiger partial charge in [-0.2, -0.15) is 0 Å². The first-order valence-electron chi connectivity index (χ1n) is 5.79. The molecule has 0 fully saturated rings. The molecule has 0 saturated carbocycles. The number of ether oxygens (including phenoxy) is 1. The molecule has 1 aromatic carbocycles. The third-order valence-corrected chi connectivity index (χ3v) is 2.85. The quantitative estimate of drug-likeness (QED) is 0.657. The van der Waals surface area contributed by atoms with E-state index in [-0.39, 0.29) is 0 Å². The zero-order valence-electron chi connectivity index (χ0n) is 10.3. The Bertz CT molecular complexity index is 735. The van der Waals surface area contributed by atoms with Crippen LogP contribution in [0.5, 0.6) is 0 Å². The van der Waals surface area contributed by atoms with Gasteiger partial charge in [0, 0.05) is 5.56 Å². The van der Waals surface area contributed by atoms with E-state index in [0.717, 1.165) is 5.56 Å². The highest BCUT2D eigenvalue weighted by atomic mass is 16.5. The molecule has 3 aromatic rings. The van der Waals surface area contributed by atoms with Crippen LogP contribution in [0.25, 0.3) is 17.0 Å². The number of methoxy groups -OCH3 is 1. The first kappa shape index (κ1) is 11.4. The number of benzene rings is 1. The van der Waals surface area contributed by atoms with Crippen molar-refractivity contribution in [2.24, 2.45) is 0 Å². The molecule has 5 nitrogen and oxygen atoms in total. The van der Waals surface area contributed by atoms with Gasteiger partial charge < -0.3 is 4.74 Å². The first-order valence-corrected chi connectivity index (χ1v) is 5.79. The van der Waals surface area contributed by atoms with Crippen molar-refractivity contribution in [1.82, 2.24) is 14.6 Å². The second kappa shape index (κ2) is 4.53. The van der Waals surface area contributed by atoms with E-state index < -0.39 is 5.97 Å². The Balaban J connectivity index is 2.30. The number of nitrogens with zero attached hydrogens (tertiary/aromatic N) is 3. The Morgan fingerprint density at radius 3 is 2.58 bits per heavy atom. The summed E-state index contributed by atoms with van der Waals surface area (Å²) >= 11 is 0. The van der Waals surface area contributed by atoms with E-state index in [1.165, 1.54) is 7.11 Å². The maximum Gasteiger partial charge on any atom is 0.355 e. The Hall–Kier alpha value is -2.69. The fraction of sp³-hybridized carbons (Fsp3) is 0.0714. The number of pyridine rings is 1. The number of fused-ring (bicyclic) bond motifs is 1. The fourth-order valence-corrected chi connectivity index (χ4v) is 1.98. The fourth-order valence-electron chi connectivity index (χ4n) is 1.98. The van der Waals surface area contributed by atoms with Gasteiger partial charge in [-0.3, -0.25) is 4.40 Å². The molecule has 0 spiro atoms. The van der Waals surface area contributed by atoms with E-state index in [1.807, 2.05) is 30.3 Å². The molecule has 19 heavy (non-hydrogen) atoms. The number of carbonyl (C=O) groups excluding carboxylic acids is 1. The summed E-state index contributed by atoms with van der Waals surface area (Å²) in [5.41, 5.74) is 1.91. The van der Waals surface area contributed by atoms with Gasteiger partial charge in [-0.1, -0.05) is 36.4 Å². The predicted octanol–water partition coefficient (Wildman–Crippen LogP) is 2.18. The SMILES string of the molecule is COC(=O)c1cccc2nnc(-c3ccccc3)n12. The predicted molar refractivity (Wildman–Crippen MR) is 69.8 cm³/mol. The molecule has 0 amide bonds. The van der Waals surface area contributed by atoms with Crippen molar-refractivity contribution in [1.29, 1.82) is 0 Å². The van der Waals surface area contributed by atoms with Crippen LogP contribution in [0.4, 0.5) is 0 Å². The average Bonchev–Trinajstić information content (AvgIpc) is 2.91. The number of carbonyl (C=O) groups is 1. The van der Waals surface area contributed by atoms with E-state index in [9.17, 15) is 4.79 Å². The monoisotopic (exact) mass is 253 g/mol. The van der Waals surface area contributed by atoms with Gasteiger partial charge in [-0.05, 0) is 12.1 Å². The van der Waals surface area contributed by atoms with Gasteiger partial charge >= 0.3 is 5.97 Å². The highest BCUT2D eigenvalue weighted by Crippen LogP contribution is 2.20. The minimum absolute atomic E-state index is 0.406. The standard InChI is InChI=1S/C14H11N3O2/c1-19-14(18)11-8-5-9-12-15-16-13(17(11)12)10-6-3-2-4-7-10/h2-9H,1H3. The molecule has 0 aliphatic heterocycles. The lowest BCUT2D eigenvalue weighted by atomic mass is 10.2. The van der Waals surface area contributed by atoms with Gasteiger partial charge in [0.1, 0.15) is 5.69 Å². The second-order valence-corrected chi connectivity index (χ2v) is 3.99. The summed E-state index contributed by atoms with van der Waals surface area (Å²) in [6, 6.07) is 14.8. The van der Waals surface area contributed by atoms with Crippen LogP contribution in [0.2, 0.25) is 0 Å². The lowest BCUT2D eigenvalue weighted by molar-refractivity contribution is 0.0592. The molecule has 0 saturated heterocycles. The molecular weight excluding hydrogens is 242 g/mol. The third-order valence-electron chi connectivity index (χ3n) is 2.85. The summed E-state index contributed by atoms with van der Waals surface area (Å²) in [5.74, 6) is 0.208. The molecule has 0 radical (unpaired) electrons. The lowest BCUT2D eigenvalue weighted by Crippen LogP contribution is -2.08. The van der Waals surface area contributed by atoms with E-state index >= 15 is 0 Å². The van der Waals surface area contributed by atoms with Crippen LogP contribution in [-0.4, -0.2) is 27.7 Å². The van der Waals surface area contributed by atoms with Gasteiger partial charge in [0.15, 0.2) is 11.5 Å². The molecule has 0 aliphatic rings. The summed E-state index contributed by atoms with van der Waals surface area (Å²) in [4.78, 5) is 11.8. The van der Waals surface area contributed by atoms with E-state index in [4.69, 9.17) is 4.74 Å². The summed E-state index contributed by atoms with van der Waals surface area (Å²) in [6.45, 7) is 0. The highest BCUT2D eigenvalue weighted by molar-refractivity contribution is 5.89. The Morgan fingerprint density at radius 1 is 1.05 bits per heavy atom. The number of aromatic nitrogens is 3. The van der Waals surface area contributed by atoms with Crippen LogP contribution in [0.3, 0.4) is 0 Å². The van der Waals surface area contributed by atoms with Gasteiger partial charge in [-0.15, -0.1) is 10.2 Å². The lowest BCUT2D eigenvalue weighted by Gasteiger charge is -2.05. The van der Waals surface area contributed by atoms with E-state index in [0.29, 0.717) is 17.2 Å². The first-order chi connectivity index (χ1) is 9.31. The van der Waals surface area contributed by atoms with Crippen molar-refractivity contribution in [3.8, 4) is 11.4 Å². The maximum atomic E-state index is 11.8. The summed E-state index contributed by atoms with van der Waals surface area (Å²) < 4.78 is 6.48. The van der Waals surface area contributed by atoms with Crippen molar-refractivity contribution >= 4 is 11.6 Å². The summed E-state index contributed by atoms with van der Waals surface area (Å²) in [7, 11) is 1.35. The number of hydrogen-bond donors (Lipinski definition) is 0. The minimum Gasteiger partial charge on any atom is -0.464 e. The molecule has 94 valence electrons. The van der Waals surface area contributed by atoms with Crippen LogP contribution in [-0.2, 0) is 4.74 Å². The van der Waals surface area contributed by atoms with Gasteiger partial charge in [0.2, 0.25) is 0 Å². The van der Waals surface area contributed by atoms with Crippen LogP contribution < -0.4 is 0 Å². The number of esters is 1. The third kappa shape index (κ3) is 1.85. The van der Waals surface area contributed by atoms with Crippen LogP contribution in [0.1, 0.15) is 10.5 Å². The van der Waals surface area contributed by atoms with Gasteiger partial charge in [-0.25, -0.2) is 4.79 Å². The number of rotatable bonds is 2. The zero-order chi connectivity index (χ0) is 13.2. The normalized spacial score (nSPS) is 10.6. The van der Waals surface area contributed by atoms with Crippen molar-refractivity contribution in [2.75, 3.05) is 7.11 Å². The molecular formula is C14H11N3O2. The molecule has 2 heterocycles. The molecule has 2 aromatic heterocycles. The Labute approximate surface area is 109 Å². The van der Waals surface area contributed by atoms with Crippen LogP contribution in [0.15, 0.2) is 48.5 Å². The van der Waals surface area contributed by atoms with Crippen molar-refractivity contribution in [2.45, 2.75) is 0 Å². The molecule has 0 atom stereocenters. The maximum absolute atomic E-state index is 11.8. The summed E-state index contributed by atoms with van der Waals surface area (Å²) in [6.07, 6.45) is 0. The summed E-state index contributed by atoms with van der Waals surface area (Å²) in [5, 5.41) is 8.23. The smallest absolute Gasteiger partial charge is 0.355 e. The molecule has 0 bridgehead atoms. The topological polar surface area (TPSA) is 56.5 Å². The van der Waals surface area contributed by atoms with Crippen molar-refractivity contribution < 1.29 is 9.53 Å². The van der Waals surface area contributed by atoms with E-state index in [2.05, 4.69) is 10.2 Å². The molecule has 3 rings (SSSR count). The Morgan fingerprint density at radius 2 is 1.84 bits per heavy atom. The Kier molecular flexibility index (Phi) is 2.72.